The van der Waals surface area contributed by atoms with E-state index in [0.717, 1.165) is 19.4 Å². The molecule has 0 aliphatic carbocycles. The normalized spacial score (nSPS) is 24.7. The average molecular weight is 310 g/mol. The SMILES string of the molecule is Cc1nn(C)c(N2CCC[C@H](C3(C)OCCO3)C2)c1[N+](=O)[O-]. The molecule has 2 aliphatic heterocycles. The van der Waals surface area contributed by atoms with E-state index in [1.807, 2.05) is 11.8 Å². The third-order valence-electron chi connectivity index (χ3n) is 4.67. The van der Waals surface area contributed by atoms with Crippen LogP contribution >= 0.6 is 0 Å². The molecule has 8 heteroatoms. The number of rotatable bonds is 3. The van der Waals surface area contributed by atoms with Gasteiger partial charge in [-0.05, 0) is 26.7 Å². The molecule has 0 aromatic carbocycles. The number of aryl methyl sites for hydroxylation is 2. The van der Waals surface area contributed by atoms with E-state index >= 15 is 0 Å². The van der Waals surface area contributed by atoms with Gasteiger partial charge in [-0.3, -0.25) is 10.1 Å². The fraction of sp³-hybridized carbons (Fsp3) is 0.786. The Labute approximate surface area is 129 Å². The molecule has 122 valence electrons. The predicted octanol–water partition coefficient (Wildman–Crippen LogP) is 1.62. The quantitative estimate of drug-likeness (QED) is 0.623. The minimum absolute atomic E-state index is 0.0987. The molecule has 22 heavy (non-hydrogen) atoms. The lowest BCUT2D eigenvalue weighted by atomic mass is 9.90. The standard InChI is InChI=1S/C14H22N4O4/c1-10-12(18(19)20)13(16(3)15-10)17-6-4-5-11(9-17)14(2)21-7-8-22-14/h11H,4-9H2,1-3H3/t11-/m0/s1. The van der Waals surface area contributed by atoms with Crippen molar-refractivity contribution in [2.24, 2.45) is 13.0 Å². The first-order valence-corrected chi connectivity index (χ1v) is 7.63. The fourth-order valence-electron chi connectivity index (χ4n) is 3.57. The van der Waals surface area contributed by atoms with Crippen molar-refractivity contribution in [1.29, 1.82) is 0 Å². The van der Waals surface area contributed by atoms with Crippen molar-refractivity contribution in [2.75, 3.05) is 31.2 Å². The average Bonchev–Trinajstić information content (AvgIpc) is 3.03. The molecule has 1 atom stereocenters. The van der Waals surface area contributed by atoms with Crippen molar-refractivity contribution in [1.82, 2.24) is 9.78 Å². The summed E-state index contributed by atoms with van der Waals surface area (Å²) in [5.41, 5.74) is 0.547. The smallest absolute Gasteiger partial charge is 0.333 e. The molecule has 2 fully saturated rings. The second kappa shape index (κ2) is 5.51. The summed E-state index contributed by atoms with van der Waals surface area (Å²) < 4.78 is 13.1. The maximum Gasteiger partial charge on any atom is 0.333 e. The molecule has 0 radical (unpaired) electrons. The maximum absolute atomic E-state index is 11.4. The van der Waals surface area contributed by atoms with Crippen molar-refractivity contribution in [3.05, 3.63) is 15.8 Å². The van der Waals surface area contributed by atoms with Crippen LogP contribution in [0.2, 0.25) is 0 Å². The van der Waals surface area contributed by atoms with Crippen LogP contribution in [0.25, 0.3) is 0 Å². The zero-order valence-electron chi connectivity index (χ0n) is 13.2. The Morgan fingerprint density at radius 1 is 1.41 bits per heavy atom. The van der Waals surface area contributed by atoms with Crippen molar-refractivity contribution >= 4 is 11.5 Å². The van der Waals surface area contributed by atoms with Crippen molar-refractivity contribution in [3.8, 4) is 0 Å². The van der Waals surface area contributed by atoms with Gasteiger partial charge >= 0.3 is 5.69 Å². The van der Waals surface area contributed by atoms with E-state index in [4.69, 9.17) is 9.47 Å². The molecule has 3 heterocycles. The summed E-state index contributed by atoms with van der Waals surface area (Å²) >= 11 is 0. The number of piperidine rings is 1. The monoisotopic (exact) mass is 310 g/mol. The lowest BCUT2D eigenvalue weighted by molar-refractivity contribution is -0.384. The Bertz CT molecular complexity index is 580. The summed E-state index contributed by atoms with van der Waals surface area (Å²) in [5, 5.41) is 15.6. The van der Waals surface area contributed by atoms with E-state index in [1.165, 1.54) is 0 Å². The van der Waals surface area contributed by atoms with Crippen LogP contribution < -0.4 is 4.90 Å². The predicted molar refractivity (Wildman–Crippen MR) is 79.8 cm³/mol. The summed E-state index contributed by atoms with van der Waals surface area (Å²) in [7, 11) is 1.75. The van der Waals surface area contributed by atoms with Crippen LogP contribution in [0.4, 0.5) is 11.5 Å². The second-order valence-electron chi connectivity index (χ2n) is 6.14. The molecular weight excluding hydrogens is 288 g/mol. The van der Waals surface area contributed by atoms with Gasteiger partial charge in [0.2, 0.25) is 5.82 Å². The Kier molecular flexibility index (Phi) is 3.82. The number of hydrogen-bond donors (Lipinski definition) is 0. The van der Waals surface area contributed by atoms with E-state index < -0.39 is 5.79 Å². The highest BCUT2D eigenvalue weighted by Gasteiger charge is 2.43. The first kappa shape index (κ1) is 15.2. The van der Waals surface area contributed by atoms with Crippen LogP contribution in [0.1, 0.15) is 25.5 Å². The van der Waals surface area contributed by atoms with Gasteiger partial charge < -0.3 is 14.4 Å². The number of nitro groups is 1. The number of hydrogen-bond acceptors (Lipinski definition) is 6. The Morgan fingerprint density at radius 3 is 2.73 bits per heavy atom. The molecule has 3 rings (SSSR count). The zero-order chi connectivity index (χ0) is 15.9. The number of aromatic nitrogens is 2. The topological polar surface area (TPSA) is 82.7 Å². The van der Waals surface area contributed by atoms with Crippen molar-refractivity contribution in [3.63, 3.8) is 0 Å². The number of nitrogens with zero attached hydrogens (tertiary/aromatic N) is 4. The van der Waals surface area contributed by atoms with Gasteiger partial charge in [-0.25, -0.2) is 4.68 Å². The summed E-state index contributed by atoms with van der Waals surface area (Å²) in [4.78, 5) is 13.1. The van der Waals surface area contributed by atoms with Crippen LogP contribution in [-0.4, -0.2) is 46.8 Å². The third-order valence-corrected chi connectivity index (χ3v) is 4.67. The molecule has 2 aliphatic rings. The summed E-state index contributed by atoms with van der Waals surface area (Å²) in [5.74, 6) is 0.188. The van der Waals surface area contributed by atoms with Gasteiger partial charge in [-0.15, -0.1) is 0 Å². The van der Waals surface area contributed by atoms with Crippen LogP contribution in [-0.2, 0) is 16.5 Å². The van der Waals surface area contributed by atoms with Crippen molar-refractivity contribution < 1.29 is 14.4 Å². The highest BCUT2D eigenvalue weighted by Crippen LogP contribution is 2.38. The maximum atomic E-state index is 11.4. The Hall–Kier alpha value is -1.67. The fourth-order valence-corrected chi connectivity index (χ4v) is 3.57. The van der Waals surface area contributed by atoms with Gasteiger partial charge in [0.1, 0.15) is 5.69 Å². The highest BCUT2D eigenvalue weighted by molar-refractivity contribution is 5.61. The number of anilines is 1. The minimum atomic E-state index is -0.582. The molecule has 8 nitrogen and oxygen atoms in total. The van der Waals surface area contributed by atoms with Crippen LogP contribution in [0.5, 0.6) is 0 Å². The molecule has 0 spiro atoms. The molecule has 0 bridgehead atoms. The van der Waals surface area contributed by atoms with Gasteiger partial charge in [0, 0.05) is 26.1 Å². The Balaban J connectivity index is 1.88. The molecule has 0 unspecified atom stereocenters. The van der Waals surface area contributed by atoms with E-state index in [1.54, 1.807) is 18.7 Å². The first-order valence-electron chi connectivity index (χ1n) is 7.63. The highest BCUT2D eigenvalue weighted by atomic mass is 16.7. The van der Waals surface area contributed by atoms with Crippen LogP contribution in [0.15, 0.2) is 0 Å². The molecule has 0 N–H and O–H groups in total. The van der Waals surface area contributed by atoms with Gasteiger partial charge in [-0.2, -0.15) is 5.10 Å². The van der Waals surface area contributed by atoms with Gasteiger partial charge in [0.25, 0.3) is 0 Å². The van der Waals surface area contributed by atoms with Gasteiger partial charge in [0.15, 0.2) is 5.79 Å². The van der Waals surface area contributed by atoms with Gasteiger partial charge in [-0.1, -0.05) is 0 Å². The van der Waals surface area contributed by atoms with E-state index in [-0.39, 0.29) is 16.5 Å². The molecule has 0 saturated carbocycles. The lowest BCUT2D eigenvalue weighted by Gasteiger charge is -2.40. The first-order chi connectivity index (χ1) is 10.4. The third kappa shape index (κ3) is 2.46. The number of ether oxygens (including phenoxy) is 2. The van der Waals surface area contributed by atoms with E-state index in [0.29, 0.717) is 31.3 Å². The summed E-state index contributed by atoms with van der Waals surface area (Å²) in [6.45, 7) is 6.32. The van der Waals surface area contributed by atoms with Crippen LogP contribution in [0, 0.1) is 23.0 Å². The Morgan fingerprint density at radius 2 is 2.09 bits per heavy atom. The van der Waals surface area contributed by atoms with Gasteiger partial charge in [0.05, 0.1) is 18.1 Å². The second-order valence-corrected chi connectivity index (χ2v) is 6.14. The minimum Gasteiger partial charge on any atom is -0.351 e. The zero-order valence-corrected chi connectivity index (χ0v) is 13.2. The molecule has 1 aromatic heterocycles. The molecular formula is C14H22N4O4. The molecule has 2 saturated heterocycles. The van der Waals surface area contributed by atoms with Crippen molar-refractivity contribution in [2.45, 2.75) is 32.5 Å². The van der Waals surface area contributed by atoms with E-state index in [9.17, 15) is 10.1 Å². The molecule has 1 aromatic rings. The van der Waals surface area contributed by atoms with E-state index in [2.05, 4.69) is 5.10 Å². The largest absolute Gasteiger partial charge is 0.351 e. The summed E-state index contributed by atoms with van der Waals surface area (Å²) in [6, 6.07) is 0. The lowest BCUT2D eigenvalue weighted by Crippen LogP contribution is -2.47. The summed E-state index contributed by atoms with van der Waals surface area (Å²) in [6.07, 6.45) is 1.95. The van der Waals surface area contributed by atoms with Crippen LogP contribution in [0.3, 0.4) is 0 Å². The molecule has 0 amide bonds.